The highest BCUT2D eigenvalue weighted by Gasteiger charge is 2.08. The Kier molecular flexibility index (Phi) is 4.31. The van der Waals surface area contributed by atoms with Crippen LogP contribution in [0.15, 0.2) is 54.6 Å². The summed E-state index contributed by atoms with van der Waals surface area (Å²) in [5, 5.41) is 2.62. The van der Waals surface area contributed by atoms with Crippen molar-refractivity contribution in [1.29, 1.82) is 0 Å². The van der Waals surface area contributed by atoms with Gasteiger partial charge in [-0.2, -0.15) is 0 Å². The van der Waals surface area contributed by atoms with E-state index in [9.17, 15) is 9.59 Å². The molecule has 0 aliphatic heterocycles. The van der Waals surface area contributed by atoms with Gasteiger partial charge in [0.15, 0.2) is 5.78 Å². The number of carbonyl (C=O) groups excluding carboxylic acids is 2. The van der Waals surface area contributed by atoms with E-state index < -0.39 is 0 Å². The van der Waals surface area contributed by atoms with E-state index >= 15 is 0 Å². The van der Waals surface area contributed by atoms with Gasteiger partial charge in [-0.3, -0.25) is 9.59 Å². The van der Waals surface area contributed by atoms with Crippen LogP contribution in [0.1, 0.15) is 15.9 Å². The molecule has 1 amide bonds. The van der Waals surface area contributed by atoms with Crippen LogP contribution in [0.4, 0.5) is 5.69 Å². The molecule has 0 aliphatic rings. The number of benzene rings is 2. The van der Waals surface area contributed by atoms with Crippen molar-refractivity contribution in [3.8, 4) is 0 Å². The molecule has 1 N–H and O–H groups in total. The maximum Gasteiger partial charge on any atom is 0.239 e. The SMILES string of the molecule is O=C(CCl)Nc1ccc(C(=O)c2ccccc2)cc1. The van der Waals surface area contributed by atoms with E-state index in [-0.39, 0.29) is 17.6 Å². The molecule has 0 radical (unpaired) electrons. The maximum absolute atomic E-state index is 12.1. The second-order valence-corrected chi connectivity index (χ2v) is 4.22. The minimum Gasteiger partial charge on any atom is -0.325 e. The van der Waals surface area contributed by atoms with Crippen molar-refractivity contribution < 1.29 is 9.59 Å². The second kappa shape index (κ2) is 6.16. The molecule has 0 saturated heterocycles. The average molecular weight is 274 g/mol. The van der Waals surface area contributed by atoms with E-state index in [0.29, 0.717) is 16.8 Å². The Balaban J connectivity index is 2.15. The van der Waals surface area contributed by atoms with Crippen LogP contribution >= 0.6 is 11.6 Å². The molecule has 4 heteroatoms. The predicted molar refractivity (Wildman–Crippen MR) is 75.7 cm³/mol. The van der Waals surface area contributed by atoms with Gasteiger partial charge in [0.2, 0.25) is 5.91 Å². The molecule has 0 saturated carbocycles. The summed E-state index contributed by atoms with van der Waals surface area (Å²) in [4.78, 5) is 23.2. The highest BCUT2D eigenvalue weighted by atomic mass is 35.5. The minimum atomic E-state index is -0.274. The summed E-state index contributed by atoms with van der Waals surface area (Å²) < 4.78 is 0. The zero-order valence-corrected chi connectivity index (χ0v) is 10.9. The monoisotopic (exact) mass is 273 g/mol. The van der Waals surface area contributed by atoms with Crippen molar-refractivity contribution in [2.75, 3.05) is 11.2 Å². The molecular formula is C15H12ClNO2. The number of carbonyl (C=O) groups is 2. The molecule has 0 heterocycles. The first-order chi connectivity index (χ1) is 9.20. The minimum absolute atomic E-state index is 0.0455. The summed E-state index contributed by atoms with van der Waals surface area (Å²) in [5.74, 6) is -0.412. The van der Waals surface area contributed by atoms with Crippen LogP contribution in [-0.2, 0) is 4.79 Å². The van der Waals surface area contributed by atoms with Gasteiger partial charge in [-0.05, 0) is 24.3 Å². The third-order valence-corrected chi connectivity index (χ3v) is 2.83. The molecule has 96 valence electrons. The Labute approximate surface area is 116 Å². The molecule has 0 fully saturated rings. The van der Waals surface area contributed by atoms with E-state index in [2.05, 4.69) is 5.32 Å². The molecule has 0 unspecified atom stereocenters. The van der Waals surface area contributed by atoms with E-state index in [0.717, 1.165) is 0 Å². The predicted octanol–water partition coefficient (Wildman–Crippen LogP) is 3.09. The molecule has 0 aromatic heterocycles. The molecule has 0 aliphatic carbocycles. The van der Waals surface area contributed by atoms with Crippen molar-refractivity contribution in [3.05, 3.63) is 65.7 Å². The summed E-state index contributed by atoms with van der Waals surface area (Å²) in [6, 6.07) is 15.8. The second-order valence-electron chi connectivity index (χ2n) is 3.95. The first kappa shape index (κ1) is 13.3. The molecule has 19 heavy (non-hydrogen) atoms. The number of amides is 1. The maximum atomic E-state index is 12.1. The van der Waals surface area contributed by atoms with E-state index in [1.807, 2.05) is 18.2 Å². The molecule has 2 rings (SSSR count). The smallest absolute Gasteiger partial charge is 0.239 e. The van der Waals surface area contributed by atoms with Gasteiger partial charge in [0, 0.05) is 16.8 Å². The van der Waals surface area contributed by atoms with Crippen LogP contribution in [0.2, 0.25) is 0 Å². The van der Waals surface area contributed by atoms with Crippen LogP contribution in [0.5, 0.6) is 0 Å². The zero-order valence-electron chi connectivity index (χ0n) is 10.1. The van der Waals surface area contributed by atoms with Gasteiger partial charge < -0.3 is 5.32 Å². The lowest BCUT2D eigenvalue weighted by Gasteiger charge is -2.05. The van der Waals surface area contributed by atoms with Gasteiger partial charge >= 0.3 is 0 Å². The number of anilines is 1. The Morgan fingerprint density at radius 3 is 2.05 bits per heavy atom. The highest BCUT2D eigenvalue weighted by Crippen LogP contribution is 2.13. The summed E-state index contributed by atoms with van der Waals surface area (Å²) in [6.07, 6.45) is 0. The number of halogens is 1. The lowest BCUT2D eigenvalue weighted by Crippen LogP contribution is -2.12. The van der Waals surface area contributed by atoms with Crippen molar-refractivity contribution >= 4 is 29.0 Å². The van der Waals surface area contributed by atoms with E-state index in [4.69, 9.17) is 11.6 Å². The first-order valence-electron chi connectivity index (χ1n) is 5.76. The van der Waals surface area contributed by atoms with Gasteiger partial charge in [0.05, 0.1) is 0 Å². The van der Waals surface area contributed by atoms with Crippen molar-refractivity contribution in [2.24, 2.45) is 0 Å². The Bertz CT molecular complexity index is 579. The van der Waals surface area contributed by atoms with E-state index in [1.165, 1.54) is 0 Å². The van der Waals surface area contributed by atoms with Crippen molar-refractivity contribution in [3.63, 3.8) is 0 Å². The third-order valence-electron chi connectivity index (χ3n) is 2.59. The van der Waals surface area contributed by atoms with E-state index in [1.54, 1.807) is 36.4 Å². The number of hydrogen-bond acceptors (Lipinski definition) is 2. The van der Waals surface area contributed by atoms with Crippen LogP contribution in [-0.4, -0.2) is 17.6 Å². The summed E-state index contributed by atoms with van der Waals surface area (Å²) in [5.41, 5.74) is 1.84. The fourth-order valence-electron chi connectivity index (χ4n) is 1.66. The summed E-state index contributed by atoms with van der Waals surface area (Å²) in [6.45, 7) is 0. The molecule has 2 aromatic rings. The Morgan fingerprint density at radius 2 is 1.47 bits per heavy atom. The van der Waals surface area contributed by atoms with Crippen molar-refractivity contribution in [2.45, 2.75) is 0 Å². The van der Waals surface area contributed by atoms with Gasteiger partial charge in [-0.15, -0.1) is 11.6 Å². The molecule has 3 nitrogen and oxygen atoms in total. The number of rotatable bonds is 4. The van der Waals surface area contributed by atoms with Gasteiger partial charge in [-0.1, -0.05) is 30.3 Å². The third kappa shape index (κ3) is 3.42. The quantitative estimate of drug-likeness (QED) is 0.687. The highest BCUT2D eigenvalue weighted by molar-refractivity contribution is 6.29. The fraction of sp³-hybridized carbons (Fsp3) is 0.0667. The van der Waals surface area contributed by atoms with Crippen LogP contribution in [0.25, 0.3) is 0 Å². The van der Waals surface area contributed by atoms with Crippen LogP contribution in [0.3, 0.4) is 0 Å². The lowest BCUT2D eigenvalue weighted by atomic mass is 10.0. The lowest BCUT2D eigenvalue weighted by molar-refractivity contribution is -0.113. The molecular weight excluding hydrogens is 262 g/mol. The van der Waals surface area contributed by atoms with Crippen LogP contribution in [0, 0.1) is 0 Å². The normalized spacial score (nSPS) is 9.95. The van der Waals surface area contributed by atoms with Crippen LogP contribution < -0.4 is 5.32 Å². The van der Waals surface area contributed by atoms with Crippen molar-refractivity contribution in [1.82, 2.24) is 0 Å². The van der Waals surface area contributed by atoms with Gasteiger partial charge in [0.1, 0.15) is 5.88 Å². The van der Waals surface area contributed by atoms with Gasteiger partial charge in [-0.25, -0.2) is 0 Å². The molecule has 0 atom stereocenters. The largest absolute Gasteiger partial charge is 0.325 e. The fourth-order valence-corrected chi connectivity index (χ4v) is 1.72. The number of alkyl halides is 1. The number of hydrogen-bond donors (Lipinski definition) is 1. The first-order valence-corrected chi connectivity index (χ1v) is 6.30. The topological polar surface area (TPSA) is 46.2 Å². The number of nitrogens with one attached hydrogen (secondary N) is 1. The van der Waals surface area contributed by atoms with Gasteiger partial charge in [0.25, 0.3) is 0 Å². The molecule has 0 spiro atoms. The summed E-state index contributed by atoms with van der Waals surface area (Å²) >= 11 is 5.40. The summed E-state index contributed by atoms with van der Waals surface area (Å²) in [7, 11) is 0. The Hall–Kier alpha value is -2.13. The molecule has 0 bridgehead atoms. The zero-order chi connectivity index (χ0) is 13.7. The molecule has 2 aromatic carbocycles. The average Bonchev–Trinajstić information content (AvgIpc) is 2.48. The number of ketones is 1. The standard InChI is InChI=1S/C15H12ClNO2/c16-10-14(18)17-13-8-6-12(7-9-13)15(19)11-4-2-1-3-5-11/h1-9H,10H2,(H,17,18). The Morgan fingerprint density at radius 1 is 0.895 bits per heavy atom.